The summed E-state index contributed by atoms with van der Waals surface area (Å²) in [5.41, 5.74) is 1.51. The van der Waals surface area contributed by atoms with Gasteiger partial charge in [0.1, 0.15) is 4.88 Å². The summed E-state index contributed by atoms with van der Waals surface area (Å²) in [5.74, 6) is -0.637. The first-order chi connectivity index (χ1) is 12.0. The van der Waals surface area contributed by atoms with E-state index in [9.17, 15) is 9.59 Å². The van der Waals surface area contributed by atoms with Crippen molar-refractivity contribution in [2.75, 3.05) is 10.6 Å². The second-order valence-corrected chi connectivity index (χ2v) is 6.46. The average molecular weight is 373 g/mol. The fraction of sp³-hybridized carbons (Fsp3) is 0.0588. The van der Waals surface area contributed by atoms with E-state index in [1.807, 2.05) is 0 Å². The van der Waals surface area contributed by atoms with Crippen LogP contribution in [0.4, 0.5) is 10.8 Å². The van der Waals surface area contributed by atoms with Crippen LogP contribution in [0.25, 0.3) is 0 Å². The van der Waals surface area contributed by atoms with Gasteiger partial charge in [0.2, 0.25) is 0 Å². The summed E-state index contributed by atoms with van der Waals surface area (Å²) in [6.45, 7) is 1.71. The number of carbonyl (C=O) groups is 2. The normalized spacial score (nSPS) is 10.3. The number of para-hydroxylation sites is 1. The Balaban J connectivity index is 1.75. The maximum atomic E-state index is 12.4. The molecule has 0 spiro atoms. The van der Waals surface area contributed by atoms with E-state index in [0.717, 1.165) is 11.3 Å². The highest BCUT2D eigenvalue weighted by atomic mass is 35.5. The van der Waals surface area contributed by atoms with Crippen LogP contribution in [0.15, 0.2) is 48.8 Å². The van der Waals surface area contributed by atoms with Crippen molar-refractivity contribution in [3.63, 3.8) is 0 Å². The molecule has 3 rings (SSSR count). The highest BCUT2D eigenvalue weighted by Gasteiger charge is 2.18. The van der Waals surface area contributed by atoms with Crippen molar-refractivity contribution < 1.29 is 9.59 Å². The number of thiazole rings is 1. The number of pyridine rings is 1. The standard InChI is InChI=1S/C17H13ClN4O2S/c1-10-14(16(24)21-13-5-3-2-4-12(13)18)25-17(20-10)22-15(23)11-6-8-19-9-7-11/h2-9H,1H3,(H,21,24)(H,20,22,23). The van der Waals surface area contributed by atoms with Crippen LogP contribution in [0.5, 0.6) is 0 Å². The summed E-state index contributed by atoms with van der Waals surface area (Å²) in [7, 11) is 0. The van der Waals surface area contributed by atoms with Gasteiger partial charge in [-0.2, -0.15) is 0 Å². The van der Waals surface area contributed by atoms with Crippen LogP contribution in [0.3, 0.4) is 0 Å². The predicted octanol–water partition coefficient (Wildman–Crippen LogP) is 4.00. The first-order valence-electron chi connectivity index (χ1n) is 7.29. The Morgan fingerprint density at radius 2 is 1.76 bits per heavy atom. The molecule has 0 fully saturated rings. The van der Waals surface area contributed by atoms with Crippen LogP contribution in [0, 0.1) is 6.92 Å². The second kappa shape index (κ2) is 7.42. The largest absolute Gasteiger partial charge is 0.320 e. The number of rotatable bonds is 4. The van der Waals surface area contributed by atoms with E-state index >= 15 is 0 Å². The molecule has 3 aromatic rings. The molecule has 0 aliphatic rings. The highest BCUT2D eigenvalue weighted by Crippen LogP contribution is 2.26. The van der Waals surface area contributed by atoms with E-state index in [0.29, 0.717) is 32.0 Å². The molecule has 0 aliphatic carbocycles. The van der Waals surface area contributed by atoms with Crippen LogP contribution in [-0.2, 0) is 0 Å². The Bertz CT molecular complexity index is 927. The van der Waals surface area contributed by atoms with Gasteiger partial charge in [-0.3, -0.25) is 19.9 Å². The number of aryl methyl sites for hydroxylation is 1. The summed E-state index contributed by atoms with van der Waals surface area (Å²) >= 11 is 7.15. The van der Waals surface area contributed by atoms with Crippen molar-refractivity contribution in [1.29, 1.82) is 0 Å². The zero-order valence-electron chi connectivity index (χ0n) is 13.1. The number of amides is 2. The smallest absolute Gasteiger partial charge is 0.267 e. The molecule has 126 valence electrons. The third-order valence-corrected chi connectivity index (χ3v) is 4.69. The molecular weight excluding hydrogens is 360 g/mol. The lowest BCUT2D eigenvalue weighted by Crippen LogP contribution is -2.11. The zero-order chi connectivity index (χ0) is 17.8. The molecular formula is C17H13ClN4O2S. The van der Waals surface area contributed by atoms with Gasteiger partial charge in [0.15, 0.2) is 5.13 Å². The Hall–Kier alpha value is -2.77. The molecule has 0 unspecified atom stereocenters. The molecule has 0 radical (unpaired) electrons. The predicted molar refractivity (Wildman–Crippen MR) is 98.4 cm³/mol. The number of hydrogen-bond donors (Lipinski definition) is 2. The van der Waals surface area contributed by atoms with Gasteiger partial charge < -0.3 is 5.32 Å². The second-order valence-electron chi connectivity index (χ2n) is 5.06. The van der Waals surface area contributed by atoms with Gasteiger partial charge in [-0.15, -0.1) is 0 Å². The number of anilines is 2. The van der Waals surface area contributed by atoms with Crippen LogP contribution < -0.4 is 10.6 Å². The van der Waals surface area contributed by atoms with Crippen molar-refractivity contribution in [2.45, 2.75) is 6.92 Å². The number of nitrogens with one attached hydrogen (secondary N) is 2. The number of aromatic nitrogens is 2. The lowest BCUT2D eigenvalue weighted by atomic mass is 10.2. The third kappa shape index (κ3) is 4.01. The van der Waals surface area contributed by atoms with Gasteiger partial charge in [0, 0.05) is 18.0 Å². The third-order valence-electron chi connectivity index (χ3n) is 3.29. The van der Waals surface area contributed by atoms with Crippen molar-refractivity contribution in [3.05, 3.63) is 69.9 Å². The lowest BCUT2D eigenvalue weighted by molar-refractivity contribution is 0.102. The highest BCUT2D eigenvalue weighted by molar-refractivity contribution is 7.17. The minimum absolute atomic E-state index is 0.311. The first-order valence-corrected chi connectivity index (χ1v) is 8.48. The Kier molecular flexibility index (Phi) is 5.06. The van der Waals surface area contributed by atoms with E-state index in [1.54, 1.807) is 43.3 Å². The van der Waals surface area contributed by atoms with E-state index < -0.39 is 0 Å². The van der Waals surface area contributed by atoms with E-state index in [1.165, 1.54) is 12.4 Å². The summed E-state index contributed by atoms with van der Waals surface area (Å²) in [5, 5.41) is 6.23. The van der Waals surface area contributed by atoms with Crippen LogP contribution in [0.1, 0.15) is 25.7 Å². The first kappa shape index (κ1) is 17.1. The van der Waals surface area contributed by atoms with Crippen molar-refractivity contribution in [1.82, 2.24) is 9.97 Å². The quantitative estimate of drug-likeness (QED) is 0.724. The fourth-order valence-corrected chi connectivity index (χ4v) is 3.11. The molecule has 0 saturated heterocycles. The summed E-state index contributed by atoms with van der Waals surface area (Å²) in [6, 6.07) is 10.2. The molecule has 1 aromatic carbocycles. The molecule has 0 aliphatic heterocycles. The number of hydrogen-bond acceptors (Lipinski definition) is 5. The molecule has 0 saturated carbocycles. The van der Waals surface area contributed by atoms with Gasteiger partial charge in [0.05, 0.1) is 16.4 Å². The van der Waals surface area contributed by atoms with Crippen molar-refractivity contribution in [2.24, 2.45) is 0 Å². The molecule has 2 amide bonds. The van der Waals surface area contributed by atoms with Crippen LogP contribution in [-0.4, -0.2) is 21.8 Å². The molecule has 25 heavy (non-hydrogen) atoms. The lowest BCUT2D eigenvalue weighted by Gasteiger charge is -2.05. The topological polar surface area (TPSA) is 84.0 Å². The maximum Gasteiger partial charge on any atom is 0.267 e. The van der Waals surface area contributed by atoms with Gasteiger partial charge in [-0.1, -0.05) is 35.1 Å². The number of nitrogens with zero attached hydrogens (tertiary/aromatic N) is 2. The van der Waals surface area contributed by atoms with Crippen LogP contribution in [0.2, 0.25) is 5.02 Å². The van der Waals surface area contributed by atoms with E-state index in [-0.39, 0.29) is 11.8 Å². The number of benzene rings is 1. The number of carbonyl (C=O) groups excluding carboxylic acids is 2. The molecule has 2 N–H and O–H groups in total. The summed E-state index contributed by atoms with van der Waals surface area (Å²) in [6.07, 6.45) is 3.06. The molecule has 0 bridgehead atoms. The van der Waals surface area contributed by atoms with Crippen LogP contribution >= 0.6 is 22.9 Å². The minimum atomic E-state index is -0.326. The van der Waals surface area contributed by atoms with E-state index in [4.69, 9.17) is 11.6 Å². The van der Waals surface area contributed by atoms with Gasteiger partial charge in [-0.05, 0) is 31.2 Å². The summed E-state index contributed by atoms with van der Waals surface area (Å²) in [4.78, 5) is 33.1. The SMILES string of the molecule is Cc1nc(NC(=O)c2ccncc2)sc1C(=O)Nc1ccccc1Cl. The van der Waals surface area contributed by atoms with E-state index in [2.05, 4.69) is 20.6 Å². The zero-order valence-corrected chi connectivity index (χ0v) is 14.7. The molecule has 8 heteroatoms. The molecule has 2 aromatic heterocycles. The molecule has 0 atom stereocenters. The average Bonchev–Trinajstić information content (AvgIpc) is 2.98. The van der Waals surface area contributed by atoms with Crippen molar-refractivity contribution in [3.8, 4) is 0 Å². The fourth-order valence-electron chi connectivity index (χ4n) is 2.07. The van der Waals surface area contributed by atoms with Crippen molar-refractivity contribution >= 4 is 45.6 Å². The summed E-state index contributed by atoms with van der Waals surface area (Å²) < 4.78 is 0. The van der Waals surface area contributed by atoms with Gasteiger partial charge >= 0.3 is 0 Å². The Morgan fingerprint density at radius 3 is 2.48 bits per heavy atom. The monoisotopic (exact) mass is 372 g/mol. The maximum absolute atomic E-state index is 12.4. The molecule has 6 nitrogen and oxygen atoms in total. The molecule has 2 heterocycles. The Labute approximate surface area is 152 Å². The Morgan fingerprint density at radius 1 is 1.04 bits per heavy atom. The van der Waals surface area contributed by atoms with Gasteiger partial charge in [0.25, 0.3) is 11.8 Å². The minimum Gasteiger partial charge on any atom is -0.320 e. The number of halogens is 1. The van der Waals surface area contributed by atoms with Gasteiger partial charge in [-0.25, -0.2) is 4.98 Å².